The van der Waals surface area contributed by atoms with E-state index in [-0.39, 0.29) is 12.1 Å². The van der Waals surface area contributed by atoms with Gasteiger partial charge in [-0.05, 0) is 6.92 Å². The molecule has 0 amide bonds. The molecule has 0 aromatic heterocycles. The Hall–Kier alpha value is -0.650. The summed E-state index contributed by atoms with van der Waals surface area (Å²) in [5.74, 6) is -0.161. The SMILES string of the molecule is CCOC(=O)CCNCC1COCCO1. The Balaban J connectivity index is 1.93. The fourth-order valence-corrected chi connectivity index (χ4v) is 1.34. The van der Waals surface area contributed by atoms with E-state index < -0.39 is 0 Å². The molecule has 0 bridgehead atoms. The summed E-state index contributed by atoms with van der Waals surface area (Å²) in [5.41, 5.74) is 0. The predicted octanol–water partition coefficient (Wildman–Crippen LogP) is -0.0554. The first-order chi connectivity index (χ1) is 7.33. The lowest BCUT2D eigenvalue weighted by atomic mass is 10.3. The van der Waals surface area contributed by atoms with Gasteiger partial charge in [0.15, 0.2) is 0 Å². The Morgan fingerprint density at radius 3 is 3.07 bits per heavy atom. The van der Waals surface area contributed by atoms with Gasteiger partial charge < -0.3 is 19.5 Å². The van der Waals surface area contributed by atoms with Gasteiger partial charge in [-0.25, -0.2) is 0 Å². The van der Waals surface area contributed by atoms with Crippen LogP contribution in [0.15, 0.2) is 0 Å². The first-order valence-electron chi connectivity index (χ1n) is 5.38. The summed E-state index contributed by atoms with van der Waals surface area (Å²) in [6, 6.07) is 0. The van der Waals surface area contributed by atoms with Crippen molar-refractivity contribution in [1.82, 2.24) is 5.32 Å². The highest BCUT2D eigenvalue weighted by Gasteiger charge is 2.13. The maximum absolute atomic E-state index is 11.0. The van der Waals surface area contributed by atoms with E-state index in [1.165, 1.54) is 0 Å². The number of hydrogen-bond acceptors (Lipinski definition) is 5. The van der Waals surface area contributed by atoms with Crippen molar-refractivity contribution < 1.29 is 19.0 Å². The van der Waals surface area contributed by atoms with Crippen LogP contribution in [-0.2, 0) is 19.0 Å². The number of carbonyl (C=O) groups is 1. The highest BCUT2D eigenvalue weighted by molar-refractivity contribution is 5.69. The molecule has 1 unspecified atom stereocenters. The van der Waals surface area contributed by atoms with E-state index in [1.54, 1.807) is 6.92 Å². The van der Waals surface area contributed by atoms with E-state index in [2.05, 4.69) is 5.32 Å². The van der Waals surface area contributed by atoms with Crippen molar-refractivity contribution in [3.63, 3.8) is 0 Å². The van der Waals surface area contributed by atoms with E-state index >= 15 is 0 Å². The monoisotopic (exact) mass is 217 g/mol. The van der Waals surface area contributed by atoms with Crippen LogP contribution in [0, 0.1) is 0 Å². The molecule has 15 heavy (non-hydrogen) atoms. The highest BCUT2D eigenvalue weighted by atomic mass is 16.6. The molecule has 0 spiro atoms. The van der Waals surface area contributed by atoms with Crippen molar-refractivity contribution in [1.29, 1.82) is 0 Å². The molecular weight excluding hydrogens is 198 g/mol. The van der Waals surface area contributed by atoms with Crippen molar-refractivity contribution >= 4 is 5.97 Å². The molecule has 0 aliphatic carbocycles. The van der Waals surface area contributed by atoms with E-state index in [9.17, 15) is 4.79 Å². The van der Waals surface area contributed by atoms with Crippen LogP contribution in [0.1, 0.15) is 13.3 Å². The van der Waals surface area contributed by atoms with Crippen LogP contribution in [0.25, 0.3) is 0 Å². The fourth-order valence-electron chi connectivity index (χ4n) is 1.34. The zero-order valence-corrected chi connectivity index (χ0v) is 9.16. The second kappa shape index (κ2) is 7.62. The van der Waals surface area contributed by atoms with Gasteiger partial charge in [-0.15, -0.1) is 0 Å². The molecule has 1 rings (SSSR count). The minimum atomic E-state index is -0.161. The van der Waals surface area contributed by atoms with E-state index in [1.807, 2.05) is 0 Å². The lowest BCUT2D eigenvalue weighted by Gasteiger charge is -2.23. The van der Waals surface area contributed by atoms with Gasteiger partial charge in [-0.1, -0.05) is 0 Å². The highest BCUT2D eigenvalue weighted by Crippen LogP contribution is 1.98. The molecule has 5 nitrogen and oxygen atoms in total. The second-order valence-electron chi connectivity index (χ2n) is 3.33. The normalized spacial score (nSPS) is 21.3. The van der Waals surface area contributed by atoms with Crippen molar-refractivity contribution in [3.05, 3.63) is 0 Å². The van der Waals surface area contributed by atoms with Crippen LogP contribution in [0.5, 0.6) is 0 Å². The smallest absolute Gasteiger partial charge is 0.307 e. The quantitative estimate of drug-likeness (QED) is 0.499. The number of nitrogens with one attached hydrogen (secondary N) is 1. The number of rotatable bonds is 6. The minimum absolute atomic E-state index is 0.112. The van der Waals surface area contributed by atoms with Crippen molar-refractivity contribution in [2.45, 2.75) is 19.4 Å². The van der Waals surface area contributed by atoms with Crippen LogP contribution >= 0.6 is 0 Å². The van der Waals surface area contributed by atoms with Crippen LogP contribution in [0.2, 0.25) is 0 Å². The molecule has 0 saturated carbocycles. The average molecular weight is 217 g/mol. The lowest BCUT2D eigenvalue weighted by Crippen LogP contribution is -2.38. The summed E-state index contributed by atoms with van der Waals surface area (Å²) in [6.45, 7) is 5.56. The largest absolute Gasteiger partial charge is 0.466 e. The summed E-state index contributed by atoms with van der Waals surface area (Å²) < 4.78 is 15.5. The Morgan fingerprint density at radius 1 is 1.53 bits per heavy atom. The first-order valence-corrected chi connectivity index (χ1v) is 5.38. The Labute approximate surface area is 90.1 Å². The molecule has 0 aromatic rings. The average Bonchev–Trinajstić information content (AvgIpc) is 2.26. The van der Waals surface area contributed by atoms with Gasteiger partial charge in [0.25, 0.3) is 0 Å². The standard InChI is InChI=1S/C10H19NO4/c1-2-14-10(12)3-4-11-7-9-8-13-5-6-15-9/h9,11H,2-8H2,1H3. The molecular formula is C10H19NO4. The minimum Gasteiger partial charge on any atom is -0.466 e. The van der Waals surface area contributed by atoms with E-state index in [0.29, 0.717) is 39.4 Å². The van der Waals surface area contributed by atoms with Gasteiger partial charge in [0.05, 0.1) is 39.0 Å². The summed E-state index contributed by atoms with van der Waals surface area (Å²) in [6.07, 6.45) is 0.516. The predicted molar refractivity (Wildman–Crippen MR) is 54.7 cm³/mol. The molecule has 1 fully saturated rings. The third-order valence-electron chi connectivity index (χ3n) is 2.07. The third kappa shape index (κ3) is 5.71. The molecule has 1 atom stereocenters. The van der Waals surface area contributed by atoms with Crippen molar-refractivity contribution in [2.24, 2.45) is 0 Å². The van der Waals surface area contributed by atoms with Crippen LogP contribution < -0.4 is 5.32 Å². The Bertz CT molecular complexity index is 180. The topological polar surface area (TPSA) is 56.8 Å². The summed E-state index contributed by atoms with van der Waals surface area (Å²) >= 11 is 0. The molecule has 1 aliphatic heterocycles. The van der Waals surface area contributed by atoms with Gasteiger partial charge in [0, 0.05) is 13.1 Å². The fraction of sp³-hybridized carbons (Fsp3) is 0.900. The zero-order valence-electron chi connectivity index (χ0n) is 9.16. The maximum atomic E-state index is 11.0. The zero-order chi connectivity index (χ0) is 10.9. The van der Waals surface area contributed by atoms with E-state index in [4.69, 9.17) is 14.2 Å². The van der Waals surface area contributed by atoms with Crippen LogP contribution in [0.3, 0.4) is 0 Å². The van der Waals surface area contributed by atoms with Gasteiger partial charge in [0.1, 0.15) is 0 Å². The van der Waals surface area contributed by atoms with Gasteiger partial charge >= 0.3 is 5.97 Å². The van der Waals surface area contributed by atoms with Crippen LogP contribution in [-0.4, -0.2) is 51.6 Å². The van der Waals surface area contributed by atoms with Crippen LogP contribution in [0.4, 0.5) is 0 Å². The second-order valence-corrected chi connectivity index (χ2v) is 3.33. The number of esters is 1. The van der Waals surface area contributed by atoms with Gasteiger partial charge in [-0.3, -0.25) is 4.79 Å². The number of ether oxygens (including phenoxy) is 3. The van der Waals surface area contributed by atoms with E-state index in [0.717, 1.165) is 6.54 Å². The summed E-state index contributed by atoms with van der Waals surface area (Å²) in [4.78, 5) is 11.0. The number of hydrogen-bond donors (Lipinski definition) is 1. The first kappa shape index (κ1) is 12.4. The summed E-state index contributed by atoms with van der Waals surface area (Å²) in [5, 5.41) is 3.14. The van der Waals surface area contributed by atoms with Gasteiger partial charge in [-0.2, -0.15) is 0 Å². The molecule has 1 N–H and O–H groups in total. The molecule has 0 aromatic carbocycles. The lowest BCUT2D eigenvalue weighted by molar-refractivity contribution is -0.143. The molecule has 1 heterocycles. The molecule has 5 heteroatoms. The number of carbonyl (C=O) groups excluding carboxylic acids is 1. The molecule has 1 aliphatic rings. The molecule has 88 valence electrons. The van der Waals surface area contributed by atoms with Crippen molar-refractivity contribution in [3.8, 4) is 0 Å². The third-order valence-corrected chi connectivity index (χ3v) is 2.07. The van der Waals surface area contributed by atoms with Gasteiger partial charge in [0.2, 0.25) is 0 Å². The molecule has 1 saturated heterocycles. The van der Waals surface area contributed by atoms with Crippen molar-refractivity contribution in [2.75, 3.05) is 39.5 Å². The Kier molecular flexibility index (Phi) is 6.31. The Morgan fingerprint density at radius 2 is 2.40 bits per heavy atom. The maximum Gasteiger partial charge on any atom is 0.307 e. The molecule has 0 radical (unpaired) electrons. The summed E-state index contributed by atoms with van der Waals surface area (Å²) in [7, 11) is 0.